The second kappa shape index (κ2) is 7.26. The zero-order valence-electron chi connectivity index (χ0n) is 13.3. The lowest BCUT2D eigenvalue weighted by Gasteiger charge is -2.06. The summed E-state index contributed by atoms with van der Waals surface area (Å²) in [6.45, 7) is 1.91. The van der Waals surface area contributed by atoms with Crippen LogP contribution in [-0.2, 0) is 0 Å². The molecule has 116 valence electrons. The fraction of sp³-hybridized carbons (Fsp3) is 0.0476. The molecule has 0 fully saturated rings. The number of nitrogens with one attached hydrogen (secondary N) is 1. The maximum atomic E-state index is 12.3. The topological polar surface area (TPSA) is 42.0 Å². The Morgan fingerprint density at radius 1 is 0.875 bits per heavy atom. The van der Waals surface area contributed by atoms with Gasteiger partial charge in [0.15, 0.2) is 0 Å². The van der Waals surface area contributed by atoms with Gasteiger partial charge in [0.05, 0.1) is 0 Å². The smallest absolute Gasteiger partial charge is 0.256 e. The van der Waals surface area contributed by atoms with Crippen molar-refractivity contribution in [3.8, 4) is 11.8 Å². The van der Waals surface area contributed by atoms with Crippen LogP contribution in [0.4, 0.5) is 5.82 Å². The van der Waals surface area contributed by atoms with E-state index in [0.717, 1.165) is 16.7 Å². The van der Waals surface area contributed by atoms with Crippen LogP contribution in [0, 0.1) is 18.8 Å². The van der Waals surface area contributed by atoms with Crippen LogP contribution in [0.25, 0.3) is 0 Å². The van der Waals surface area contributed by atoms with Crippen molar-refractivity contribution < 1.29 is 4.79 Å². The first kappa shape index (κ1) is 15.5. The fourth-order valence-corrected chi connectivity index (χ4v) is 2.17. The number of carbonyl (C=O) groups is 1. The fourth-order valence-electron chi connectivity index (χ4n) is 2.17. The van der Waals surface area contributed by atoms with Gasteiger partial charge in [0.2, 0.25) is 0 Å². The van der Waals surface area contributed by atoms with Gasteiger partial charge >= 0.3 is 0 Å². The molecule has 1 heterocycles. The number of anilines is 1. The highest BCUT2D eigenvalue weighted by atomic mass is 16.1. The Bertz CT molecular complexity index is 904. The maximum absolute atomic E-state index is 12.3. The van der Waals surface area contributed by atoms with Gasteiger partial charge in [-0.3, -0.25) is 4.79 Å². The van der Waals surface area contributed by atoms with Crippen LogP contribution in [0.2, 0.25) is 0 Å². The molecule has 1 amide bonds. The van der Waals surface area contributed by atoms with Crippen molar-refractivity contribution in [1.82, 2.24) is 4.98 Å². The zero-order chi connectivity index (χ0) is 16.8. The first-order valence-corrected chi connectivity index (χ1v) is 7.62. The predicted molar refractivity (Wildman–Crippen MR) is 95.8 cm³/mol. The number of carbonyl (C=O) groups excluding carboxylic acids is 1. The minimum Gasteiger partial charge on any atom is -0.306 e. The van der Waals surface area contributed by atoms with Crippen molar-refractivity contribution in [3.63, 3.8) is 0 Å². The lowest BCUT2D eigenvalue weighted by Crippen LogP contribution is -2.13. The summed E-state index contributed by atoms with van der Waals surface area (Å²) in [6, 6.07) is 20.8. The molecule has 0 radical (unpaired) electrons. The maximum Gasteiger partial charge on any atom is 0.256 e. The molecule has 1 N–H and O–H groups in total. The number of hydrogen-bond donors (Lipinski definition) is 1. The average molecular weight is 312 g/mol. The van der Waals surface area contributed by atoms with Crippen LogP contribution in [0.3, 0.4) is 0 Å². The number of nitrogens with zero attached hydrogens (tertiary/aromatic N) is 1. The summed E-state index contributed by atoms with van der Waals surface area (Å²) in [4.78, 5) is 16.4. The van der Waals surface area contributed by atoms with E-state index in [9.17, 15) is 4.79 Å². The van der Waals surface area contributed by atoms with Gasteiger partial charge < -0.3 is 5.32 Å². The van der Waals surface area contributed by atoms with E-state index in [1.807, 2.05) is 61.5 Å². The molecule has 1 aromatic heterocycles. The van der Waals surface area contributed by atoms with E-state index >= 15 is 0 Å². The number of pyridine rings is 1. The molecular weight excluding hydrogens is 296 g/mol. The van der Waals surface area contributed by atoms with Gasteiger partial charge in [-0.2, -0.15) is 0 Å². The van der Waals surface area contributed by atoms with Gasteiger partial charge in [0.1, 0.15) is 5.82 Å². The summed E-state index contributed by atoms with van der Waals surface area (Å²) < 4.78 is 0. The van der Waals surface area contributed by atoms with Crippen molar-refractivity contribution in [2.75, 3.05) is 5.32 Å². The lowest BCUT2D eigenvalue weighted by molar-refractivity contribution is 0.102. The van der Waals surface area contributed by atoms with Crippen LogP contribution in [0.5, 0.6) is 0 Å². The molecule has 0 saturated carbocycles. The molecule has 0 spiro atoms. The third kappa shape index (κ3) is 3.88. The van der Waals surface area contributed by atoms with Crippen molar-refractivity contribution in [2.45, 2.75) is 6.92 Å². The molecule has 0 aliphatic rings. The van der Waals surface area contributed by atoms with E-state index < -0.39 is 0 Å². The third-order valence-corrected chi connectivity index (χ3v) is 3.51. The van der Waals surface area contributed by atoms with Crippen LogP contribution < -0.4 is 5.32 Å². The highest BCUT2D eigenvalue weighted by Crippen LogP contribution is 2.12. The van der Waals surface area contributed by atoms with Crippen LogP contribution in [0.15, 0.2) is 72.9 Å². The molecule has 24 heavy (non-hydrogen) atoms. The quantitative estimate of drug-likeness (QED) is 0.726. The van der Waals surface area contributed by atoms with Crippen LogP contribution in [-0.4, -0.2) is 10.9 Å². The average Bonchev–Trinajstić information content (AvgIpc) is 2.63. The second-order valence-electron chi connectivity index (χ2n) is 5.32. The van der Waals surface area contributed by atoms with Crippen molar-refractivity contribution in [2.24, 2.45) is 0 Å². The van der Waals surface area contributed by atoms with Gasteiger partial charge in [0.25, 0.3) is 5.91 Å². The van der Waals surface area contributed by atoms with E-state index in [1.165, 1.54) is 0 Å². The minimum atomic E-state index is -0.181. The van der Waals surface area contributed by atoms with Crippen molar-refractivity contribution in [3.05, 3.63) is 95.2 Å². The molecular formula is C21H16N2O. The number of benzene rings is 2. The Labute approximate surface area is 141 Å². The molecule has 0 unspecified atom stereocenters. The summed E-state index contributed by atoms with van der Waals surface area (Å²) in [5.74, 6) is 6.59. The molecule has 0 saturated heterocycles. The normalized spacial score (nSPS) is 9.71. The van der Waals surface area contributed by atoms with Crippen molar-refractivity contribution >= 4 is 11.7 Å². The van der Waals surface area contributed by atoms with E-state index in [-0.39, 0.29) is 5.91 Å². The summed E-state index contributed by atoms with van der Waals surface area (Å²) in [5.41, 5.74) is 3.33. The Hall–Kier alpha value is -3.38. The van der Waals surface area contributed by atoms with Crippen LogP contribution >= 0.6 is 0 Å². The summed E-state index contributed by atoms with van der Waals surface area (Å²) >= 11 is 0. The Balaban J connectivity index is 1.72. The third-order valence-electron chi connectivity index (χ3n) is 3.51. The van der Waals surface area contributed by atoms with Gasteiger partial charge in [-0.05, 0) is 55.0 Å². The number of rotatable bonds is 2. The lowest BCUT2D eigenvalue weighted by atomic mass is 10.1. The van der Waals surface area contributed by atoms with Gasteiger partial charge in [-0.1, -0.05) is 36.1 Å². The second-order valence-corrected chi connectivity index (χ2v) is 5.32. The summed E-state index contributed by atoms with van der Waals surface area (Å²) in [7, 11) is 0. The standard InChI is InChI=1S/C21H16N2O/c1-16-6-5-15-22-20(16)23-21(24)19-13-11-18(12-14-19)10-9-17-7-3-2-4-8-17/h2-8,11-15H,1H3,(H,22,23,24). The molecule has 3 nitrogen and oxygen atoms in total. The molecule has 2 aromatic carbocycles. The highest BCUT2D eigenvalue weighted by molar-refractivity contribution is 6.04. The molecule has 3 aromatic rings. The number of aryl methyl sites for hydroxylation is 1. The first-order chi connectivity index (χ1) is 11.7. The molecule has 3 rings (SSSR count). The van der Waals surface area contributed by atoms with E-state index in [1.54, 1.807) is 18.3 Å². The summed E-state index contributed by atoms with van der Waals surface area (Å²) in [6.07, 6.45) is 1.66. The molecule has 0 aliphatic heterocycles. The molecule has 3 heteroatoms. The van der Waals surface area contributed by atoms with Gasteiger partial charge in [-0.25, -0.2) is 4.98 Å². The summed E-state index contributed by atoms with van der Waals surface area (Å²) in [5, 5.41) is 2.82. The number of aromatic nitrogens is 1. The number of hydrogen-bond acceptors (Lipinski definition) is 2. The van der Waals surface area contributed by atoms with Crippen LogP contribution in [0.1, 0.15) is 27.0 Å². The number of amides is 1. The van der Waals surface area contributed by atoms with Gasteiger partial charge in [0, 0.05) is 22.9 Å². The molecule has 0 atom stereocenters. The largest absolute Gasteiger partial charge is 0.306 e. The van der Waals surface area contributed by atoms with Crippen molar-refractivity contribution in [1.29, 1.82) is 0 Å². The Morgan fingerprint density at radius 2 is 1.54 bits per heavy atom. The van der Waals surface area contributed by atoms with Gasteiger partial charge in [-0.15, -0.1) is 0 Å². The minimum absolute atomic E-state index is 0.181. The molecule has 0 bridgehead atoms. The monoisotopic (exact) mass is 312 g/mol. The molecule has 0 aliphatic carbocycles. The zero-order valence-corrected chi connectivity index (χ0v) is 13.3. The highest BCUT2D eigenvalue weighted by Gasteiger charge is 2.07. The SMILES string of the molecule is Cc1cccnc1NC(=O)c1ccc(C#Cc2ccccc2)cc1. The predicted octanol–water partition coefficient (Wildman–Crippen LogP) is 4.04. The Kier molecular flexibility index (Phi) is 4.69. The Morgan fingerprint density at radius 3 is 2.21 bits per heavy atom. The van der Waals surface area contributed by atoms with E-state index in [2.05, 4.69) is 22.1 Å². The van der Waals surface area contributed by atoms with E-state index in [0.29, 0.717) is 11.4 Å². The first-order valence-electron chi connectivity index (χ1n) is 7.62. The van der Waals surface area contributed by atoms with E-state index in [4.69, 9.17) is 0 Å².